The van der Waals surface area contributed by atoms with Gasteiger partial charge < -0.3 is 10.6 Å². The van der Waals surface area contributed by atoms with Gasteiger partial charge in [-0.15, -0.1) is 0 Å². The lowest BCUT2D eigenvalue weighted by Crippen LogP contribution is -2.54. The van der Waals surface area contributed by atoms with E-state index >= 15 is 0 Å². The van der Waals surface area contributed by atoms with Gasteiger partial charge >= 0.3 is 0 Å². The number of likely N-dealkylation sites (tertiary alicyclic amines) is 1. The first-order chi connectivity index (χ1) is 6.88. The van der Waals surface area contributed by atoms with Crippen molar-refractivity contribution < 1.29 is 4.79 Å². The first-order valence-corrected chi connectivity index (χ1v) is 5.89. The van der Waals surface area contributed by atoms with Crippen LogP contribution >= 0.6 is 0 Å². The van der Waals surface area contributed by atoms with E-state index in [0.29, 0.717) is 12.5 Å². The largest absolute Gasteiger partial charge is 0.338 e. The summed E-state index contributed by atoms with van der Waals surface area (Å²) in [7, 11) is 0. The van der Waals surface area contributed by atoms with Crippen molar-refractivity contribution in [1.29, 1.82) is 0 Å². The van der Waals surface area contributed by atoms with Crippen LogP contribution in [0.3, 0.4) is 0 Å². The highest BCUT2D eigenvalue weighted by Crippen LogP contribution is 2.27. The van der Waals surface area contributed by atoms with Crippen molar-refractivity contribution >= 4 is 5.91 Å². The number of hydrogen-bond acceptors (Lipinski definition) is 2. The second-order valence-corrected chi connectivity index (χ2v) is 5.67. The molecule has 2 unspecified atom stereocenters. The number of amides is 1. The minimum absolute atomic E-state index is 0.240. The molecule has 1 aliphatic rings. The van der Waals surface area contributed by atoms with Gasteiger partial charge in [0.25, 0.3) is 0 Å². The molecule has 0 aromatic rings. The molecule has 1 fully saturated rings. The molecule has 15 heavy (non-hydrogen) atoms. The van der Waals surface area contributed by atoms with E-state index in [-0.39, 0.29) is 17.4 Å². The highest BCUT2D eigenvalue weighted by atomic mass is 16.2. The van der Waals surface area contributed by atoms with E-state index in [9.17, 15) is 4.79 Å². The quantitative estimate of drug-likeness (QED) is 0.718. The Kier molecular flexibility index (Phi) is 3.77. The SMILES string of the molecule is CC1CCCN(C(=O)C(C)(C)C)C1CN. The summed E-state index contributed by atoms with van der Waals surface area (Å²) in [5.41, 5.74) is 5.48. The van der Waals surface area contributed by atoms with Crippen molar-refractivity contribution in [2.45, 2.75) is 46.6 Å². The maximum absolute atomic E-state index is 12.2. The van der Waals surface area contributed by atoms with Crippen LogP contribution in [0.25, 0.3) is 0 Å². The Labute approximate surface area is 93.0 Å². The molecule has 0 bridgehead atoms. The van der Waals surface area contributed by atoms with Crippen molar-refractivity contribution in [3.63, 3.8) is 0 Å². The second-order valence-electron chi connectivity index (χ2n) is 5.67. The molecule has 0 aromatic heterocycles. The zero-order chi connectivity index (χ0) is 11.6. The molecule has 0 radical (unpaired) electrons. The number of rotatable bonds is 1. The summed E-state index contributed by atoms with van der Waals surface area (Å²) in [4.78, 5) is 14.2. The Morgan fingerprint density at radius 2 is 2.07 bits per heavy atom. The van der Waals surface area contributed by atoms with Gasteiger partial charge in [0, 0.05) is 24.5 Å². The lowest BCUT2D eigenvalue weighted by atomic mass is 9.87. The normalized spacial score (nSPS) is 27.9. The number of hydrogen-bond donors (Lipinski definition) is 1. The predicted octanol–water partition coefficient (Wildman–Crippen LogP) is 1.62. The van der Waals surface area contributed by atoms with Gasteiger partial charge in [0.2, 0.25) is 5.91 Å². The Bertz CT molecular complexity index is 232. The number of carbonyl (C=O) groups excluding carboxylic acids is 1. The van der Waals surface area contributed by atoms with Crippen molar-refractivity contribution in [2.75, 3.05) is 13.1 Å². The lowest BCUT2D eigenvalue weighted by Gasteiger charge is -2.42. The molecule has 1 rings (SSSR count). The van der Waals surface area contributed by atoms with E-state index in [0.717, 1.165) is 13.0 Å². The third-order valence-corrected chi connectivity index (χ3v) is 3.26. The standard InChI is InChI=1S/C12H24N2O/c1-9-6-5-7-14(10(9)8-13)11(15)12(2,3)4/h9-10H,5-8,13H2,1-4H3. The van der Waals surface area contributed by atoms with Gasteiger partial charge in [0.1, 0.15) is 0 Å². The van der Waals surface area contributed by atoms with Gasteiger partial charge in [-0.2, -0.15) is 0 Å². The molecule has 1 aliphatic heterocycles. The molecule has 88 valence electrons. The van der Waals surface area contributed by atoms with E-state index in [1.807, 2.05) is 25.7 Å². The van der Waals surface area contributed by atoms with E-state index in [4.69, 9.17) is 5.73 Å². The fourth-order valence-corrected chi connectivity index (χ4v) is 2.29. The summed E-state index contributed by atoms with van der Waals surface area (Å²) in [6, 6.07) is 0.241. The van der Waals surface area contributed by atoms with E-state index in [1.165, 1.54) is 6.42 Å². The van der Waals surface area contributed by atoms with Gasteiger partial charge in [-0.25, -0.2) is 0 Å². The van der Waals surface area contributed by atoms with Crippen LogP contribution in [0.5, 0.6) is 0 Å². The van der Waals surface area contributed by atoms with Crippen LogP contribution in [-0.2, 0) is 4.79 Å². The zero-order valence-corrected chi connectivity index (χ0v) is 10.4. The van der Waals surface area contributed by atoms with Gasteiger partial charge in [0.05, 0.1) is 0 Å². The van der Waals surface area contributed by atoms with E-state index in [1.54, 1.807) is 0 Å². The number of piperidine rings is 1. The fourth-order valence-electron chi connectivity index (χ4n) is 2.29. The monoisotopic (exact) mass is 212 g/mol. The number of carbonyl (C=O) groups is 1. The maximum atomic E-state index is 12.2. The second kappa shape index (κ2) is 4.52. The average Bonchev–Trinajstić information content (AvgIpc) is 2.14. The Morgan fingerprint density at radius 1 is 1.47 bits per heavy atom. The average molecular weight is 212 g/mol. The smallest absolute Gasteiger partial charge is 0.228 e. The van der Waals surface area contributed by atoms with Gasteiger partial charge in [-0.1, -0.05) is 27.7 Å². The van der Waals surface area contributed by atoms with Gasteiger partial charge in [-0.3, -0.25) is 4.79 Å². The van der Waals surface area contributed by atoms with Gasteiger partial charge in [0.15, 0.2) is 0 Å². The molecule has 1 heterocycles. The molecule has 3 heteroatoms. The minimum atomic E-state index is -0.287. The van der Waals surface area contributed by atoms with Crippen LogP contribution in [0.4, 0.5) is 0 Å². The third-order valence-electron chi connectivity index (χ3n) is 3.26. The maximum Gasteiger partial charge on any atom is 0.228 e. The molecule has 0 saturated carbocycles. The van der Waals surface area contributed by atoms with Crippen molar-refractivity contribution in [3.05, 3.63) is 0 Å². The van der Waals surface area contributed by atoms with Crippen LogP contribution in [-0.4, -0.2) is 29.9 Å². The summed E-state index contributed by atoms with van der Waals surface area (Å²) < 4.78 is 0. The minimum Gasteiger partial charge on any atom is -0.338 e. The molecule has 1 saturated heterocycles. The molecule has 1 amide bonds. The molecule has 2 N–H and O–H groups in total. The number of nitrogens with two attached hydrogens (primary N) is 1. The van der Waals surface area contributed by atoms with Crippen LogP contribution in [0.15, 0.2) is 0 Å². The van der Waals surface area contributed by atoms with E-state index < -0.39 is 0 Å². The van der Waals surface area contributed by atoms with Crippen LogP contribution in [0.1, 0.15) is 40.5 Å². The van der Waals surface area contributed by atoms with Crippen LogP contribution < -0.4 is 5.73 Å². The molecule has 3 nitrogen and oxygen atoms in total. The first-order valence-electron chi connectivity index (χ1n) is 5.89. The summed E-state index contributed by atoms with van der Waals surface area (Å²) >= 11 is 0. The summed E-state index contributed by atoms with van der Waals surface area (Å²) in [5.74, 6) is 0.777. The Balaban J connectivity index is 2.78. The molecule has 0 aliphatic carbocycles. The fraction of sp³-hybridized carbons (Fsp3) is 0.917. The first kappa shape index (κ1) is 12.5. The van der Waals surface area contributed by atoms with Crippen LogP contribution in [0, 0.1) is 11.3 Å². The molecule has 0 spiro atoms. The molecule has 0 aromatic carbocycles. The zero-order valence-electron chi connectivity index (χ0n) is 10.4. The molecular formula is C12H24N2O. The third kappa shape index (κ3) is 2.71. The molecular weight excluding hydrogens is 188 g/mol. The van der Waals surface area contributed by atoms with Crippen molar-refractivity contribution in [2.24, 2.45) is 17.1 Å². The number of nitrogens with zero attached hydrogens (tertiary/aromatic N) is 1. The highest BCUT2D eigenvalue weighted by molar-refractivity contribution is 5.82. The van der Waals surface area contributed by atoms with E-state index in [2.05, 4.69) is 6.92 Å². The topological polar surface area (TPSA) is 46.3 Å². The highest BCUT2D eigenvalue weighted by Gasteiger charge is 2.35. The summed E-state index contributed by atoms with van der Waals surface area (Å²) in [5, 5.41) is 0. The molecule has 2 atom stereocenters. The predicted molar refractivity (Wildman–Crippen MR) is 62.4 cm³/mol. The summed E-state index contributed by atoms with van der Waals surface area (Å²) in [6.07, 6.45) is 2.30. The Morgan fingerprint density at radius 3 is 2.53 bits per heavy atom. The lowest BCUT2D eigenvalue weighted by molar-refractivity contribution is -0.144. The van der Waals surface area contributed by atoms with Crippen molar-refractivity contribution in [3.8, 4) is 0 Å². The van der Waals surface area contributed by atoms with Crippen LogP contribution in [0.2, 0.25) is 0 Å². The van der Waals surface area contributed by atoms with Gasteiger partial charge in [-0.05, 0) is 18.8 Å². The Hall–Kier alpha value is -0.570. The summed E-state index contributed by atoms with van der Waals surface area (Å²) in [6.45, 7) is 9.58. The van der Waals surface area contributed by atoms with Crippen molar-refractivity contribution in [1.82, 2.24) is 4.90 Å².